The molecule has 100 valence electrons. The van der Waals surface area contributed by atoms with E-state index in [0.717, 1.165) is 22.3 Å². The van der Waals surface area contributed by atoms with Crippen LogP contribution in [0.5, 0.6) is 0 Å². The second kappa shape index (κ2) is 5.80. The molecule has 0 saturated carbocycles. The molecule has 0 bridgehead atoms. The summed E-state index contributed by atoms with van der Waals surface area (Å²) >= 11 is 8.96. The third kappa shape index (κ3) is 2.95. The van der Waals surface area contributed by atoms with Crippen LogP contribution in [0.2, 0.25) is 0 Å². The Balaban J connectivity index is 2.56. The molecule has 0 spiro atoms. The lowest BCUT2D eigenvalue weighted by Crippen LogP contribution is -2.03. The van der Waals surface area contributed by atoms with Crippen LogP contribution in [0.25, 0.3) is 0 Å². The monoisotopic (exact) mass is 388 g/mol. The maximum atomic E-state index is 13.4. The second-order valence-corrected chi connectivity index (χ2v) is 6.31. The molecule has 0 fully saturated rings. The quantitative estimate of drug-likeness (QED) is 0.458. The van der Waals surface area contributed by atoms with Crippen molar-refractivity contribution in [1.82, 2.24) is 0 Å². The van der Waals surface area contributed by atoms with Gasteiger partial charge in [0.15, 0.2) is 0 Å². The van der Waals surface area contributed by atoms with E-state index in [1.54, 1.807) is 12.1 Å². The van der Waals surface area contributed by atoms with Crippen LogP contribution in [0.3, 0.4) is 0 Å². The highest BCUT2D eigenvalue weighted by molar-refractivity contribution is 14.1. The first-order valence-corrected chi connectivity index (χ1v) is 7.59. The van der Waals surface area contributed by atoms with Gasteiger partial charge in [0, 0.05) is 3.57 Å². The molecule has 0 N–H and O–H groups in total. The Morgan fingerprint density at radius 1 is 1.05 bits per heavy atom. The molecule has 0 radical (unpaired) electrons. The number of benzene rings is 2. The number of hydrogen-bond acceptors (Lipinski definition) is 0. The number of alkyl halides is 1. The van der Waals surface area contributed by atoms with E-state index >= 15 is 0 Å². The molecular formula is C16H15ClFI. The van der Waals surface area contributed by atoms with Gasteiger partial charge in [-0.1, -0.05) is 18.2 Å². The minimum atomic E-state index is -0.243. The molecule has 19 heavy (non-hydrogen) atoms. The minimum Gasteiger partial charge on any atom is -0.207 e. The molecule has 0 aliphatic carbocycles. The van der Waals surface area contributed by atoms with Crippen molar-refractivity contribution in [2.45, 2.75) is 26.1 Å². The van der Waals surface area contributed by atoms with E-state index in [9.17, 15) is 4.39 Å². The van der Waals surface area contributed by atoms with Crippen molar-refractivity contribution < 1.29 is 4.39 Å². The van der Waals surface area contributed by atoms with Crippen LogP contribution in [0.15, 0.2) is 30.3 Å². The van der Waals surface area contributed by atoms with Gasteiger partial charge in [0.2, 0.25) is 0 Å². The van der Waals surface area contributed by atoms with Crippen LogP contribution in [0, 0.1) is 30.2 Å². The van der Waals surface area contributed by atoms with Crippen molar-refractivity contribution in [3.8, 4) is 0 Å². The van der Waals surface area contributed by atoms with E-state index in [-0.39, 0.29) is 11.2 Å². The van der Waals surface area contributed by atoms with E-state index in [4.69, 9.17) is 11.6 Å². The summed E-state index contributed by atoms with van der Waals surface area (Å²) in [6.07, 6.45) is 0. The van der Waals surface area contributed by atoms with Gasteiger partial charge in [-0.2, -0.15) is 0 Å². The zero-order valence-corrected chi connectivity index (χ0v) is 14.0. The van der Waals surface area contributed by atoms with Gasteiger partial charge in [0.1, 0.15) is 5.82 Å². The fourth-order valence-corrected chi connectivity index (χ4v) is 3.72. The van der Waals surface area contributed by atoms with Crippen LogP contribution >= 0.6 is 34.2 Å². The van der Waals surface area contributed by atoms with Crippen molar-refractivity contribution in [3.05, 3.63) is 67.5 Å². The number of rotatable bonds is 2. The Morgan fingerprint density at radius 2 is 1.63 bits per heavy atom. The smallest absolute Gasteiger partial charge is 0.123 e. The van der Waals surface area contributed by atoms with Gasteiger partial charge in [-0.15, -0.1) is 11.6 Å². The molecule has 0 heterocycles. The van der Waals surface area contributed by atoms with Crippen molar-refractivity contribution >= 4 is 34.2 Å². The van der Waals surface area contributed by atoms with Crippen LogP contribution in [0.1, 0.15) is 33.2 Å². The Bertz CT molecular complexity index is 599. The summed E-state index contributed by atoms with van der Waals surface area (Å²) in [5, 5.41) is -0.243. The summed E-state index contributed by atoms with van der Waals surface area (Å²) in [4.78, 5) is 0. The Hall–Kier alpha value is -0.610. The van der Waals surface area contributed by atoms with E-state index in [1.165, 1.54) is 9.13 Å². The molecule has 0 saturated heterocycles. The molecule has 2 aromatic rings. The first kappa shape index (κ1) is 14.8. The van der Waals surface area contributed by atoms with Gasteiger partial charge >= 0.3 is 0 Å². The third-order valence-corrected chi connectivity index (χ3v) is 5.23. The minimum absolute atomic E-state index is 0.207. The summed E-state index contributed by atoms with van der Waals surface area (Å²) in [6, 6.07) is 9.20. The topological polar surface area (TPSA) is 0 Å². The largest absolute Gasteiger partial charge is 0.207 e. The molecule has 0 aliphatic rings. The predicted octanol–water partition coefficient (Wildman–Crippen LogP) is 5.68. The highest BCUT2D eigenvalue weighted by Gasteiger charge is 2.19. The molecule has 0 aromatic heterocycles. The molecule has 0 amide bonds. The average molecular weight is 389 g/mol. The first-order chi connectivity index (χ1) is 8.91. The van der Waals surface area contributed by atoms with Gasteiger partial charge in [0.25, 0.3) is 0 Å². The number of aryl methyl sites for hydroxylation is 3. The number of hydrogen-bond donors (Lipinski definition) is 0. The standard InChI is InChI=1S/C16H15ClFI/c1-9-5-4-6-13(16(9)19)15(17)14-10(2)7-12(18)8-11(14)3/h4-8,15H,1-3H3. The molecule has 2 rings (SSSR count). The highest BCUT2D eigenvalue weighted by Crippen LogP contribution is 2.36. The van der Waals surface area contributed by atoms with Crippen molar-refractivity contribution in [2.24, 2.45) is 0 Å². The van der Waals surface area contributed by atoms with Gasteiger partial charge in [-0.3, -0.25) is 0 Å². The molecule has 3 heteroatoms. The molecule has 1 unspecified atom stereocenters. The van der Waals surface area contributed by atoms with Gasteiger partial charge in [-0.05, 0) is 83.3 Å². The zero-order chi connectivity index (χ0) is 14.2. The van der Waals surface area contributed by atoms with E-state index in [1.807, 2.05) is 26.0 Å². The van der Waals surface area contributed by atoms with Gasteiger partial charge in [0.05, 0.1) is 5.38 Å². The third-order valence-electron chi connectivity index (χ3n) is 3.31. The van der Waals surface area contributed by atoms with Crippen LogP contribution in [0.4, 0.5) is 4.39 Å². The summed E-state index contributed by atoms with van der Waals surface area (Å²) < 4.78 is 14.5. The highest BCUT2D eigenvalue weighted by atomic mass is 127. The van der Waals surface area contributed by atoms with Crippen molar-refractivity contribution in [3.63, 3.8) is 0 Å². The van der Waals surface area contributed by atoms with Crippen molar-refractivity contribution in [2.75, 3.05) is 0 Å². The van der Waals surface area contributed by atoms with Gasteiger partial charge in [-0.25, -0.2) is 4.39 Å². The van der Waals surface area contributed by atoms with Crippen LogP contribution in [-0.2, 0) is 0 Å². The lowest BCUT2D eigenvalue weighted by Gasteiger charge is -2.18. The summed E-state index contributed by atoms with van der Waals surface area (Å²) in [7, 11) is 0. The molecule has 1 atom stereocenters. The van der Waals surface area contributed by atoms with E-state index < -0.39 is 0 Å². The molecule has 0 nitrogen and oxygen atoms in total. The van der Waals surface area contributed by atoms with Crippen LogP contribution < -0.4 is 0 Å². The predicted molar refractivity (Wildman–Crippen MR) is 87.5 cm³/mol. The van der Waals surface area contributed by atoms with E-state index in [0.29, 0.717) is 0 Å². The normalized spacial score (nSPS) is 12.5. The first-order valence-electron chi connectivity index (χ1n) is 6.07. The zero-order valence-electron chi connectivity index (χ0n) is 11.1. The molecule has 2 aromatic carbocycles. The maximum absolute atomic E-state index is 13.4. The fourth-order valence-electron chi connectivity index (χ4n) is 2.34. The average Bonchev–Trinajstić information content (AvgIpc) is 2.31. The molecular weight excluding hydrogens is 374 g/mol. The molecule has 0 aliphatic heterocycles. The lowest BCUT2D eigenvalue weighted by molar-refractivity contribution is 0.624. The van der Waals surface area contributed by atoms with Crippen LogP contribution in [-0.4, -0.2) is 0 Å². The van der Waals surface area contributed by atoms with Crippen molar-refractivity contribution in [1.29, 1.82) is 0 Å². The van der Waals surface area contributed by atoms with E-state index in [2.05, 4.69) is 35.6 Å². The maximum Gasteiger partial charge on any atom is 0.123 e. The second-order valence-electron chi connectivity index (χ2n) is 4.79. The Morgan fingerprint density at radius 3 is 2.21 bits per heavy atom. The number of halogens is 3. The fraction of sp³-hybridized carbons (Fsp3) is 0.250. The Kier molecular flexibility index (Phi) is 4.51. The summed E-state index contributed by atoms with van der Waals surface area (Å²) in [6.45, 7) is 5.88. The lowest BCUT2D eigenvalue weighted by atomic mass is 9.95. The Labute approximate surface area is 132 Å². The summed E-state index contributed by atoms with van der Waals surface area (Å²) in [5.74, 6) is -0.207. The summed E-state index contributed by atoms with van der Waals surface area (Å²) in [5.41, 5.74) is 5.09. The van der Waals surface area contributed by atoms with Gasteiger partial charge < -0.3 is 0 Å². The SMILES string of the molecule is Cc1cccc(C(Cl)c2c(C)cc(F)cc2C)c1I.